The third kappa shape index (κ3) is 3.21. The van der Waals surface area contributed by atoms with E-state index in [2.05, 4.69) is 0 Å². The Bertz CT molecular complexity index is 394. The summed E-state index contributed by atoms with van der Waals surface area (Å²) >= 11 is 0. The second kappa shape index (κ2) is 6.08. The predicted molar refractivity (Wildman–Crippen MR) is 63.5 cm³/mol. The van der Waals surface area contributed by atoms with Gasteiger partial charge in [-0.05, 0) is 19.1 Å². The molecule has 0 saturated carbocycles. The van der Waals surface area contributed by atoms with Crippen molar-refractivity contribution in [1.82, 2.24) is 0 Å². The van der Waals surface area contributed by atoms with Gasteiger partial charge in [-0.3, -0.25) is 4.79 Å². The minimum absolute atomic E-state index is 0.00718. The first-order valence-electron chi connectivity index (χ1n) is 5.02. The van der Waals surface area contributed by atoms with Crippen LogP contribution in [0, 0.1) is 0 Å². The quantitative estimate of drug-likeness (QED) is 0.714. The van der Waals surface area contributed by atoms with Gasteiger partial charge in [-0.1, -0.05) is 18.2 Å². The third-order valence-corrected chi connectivity index (χ3v) is 2.22. The van der Waals surface area contributed by atoms with Gasteiger partial charge in [0.2, 0.25) is 0 Å². The highest BCUT2D eigenvalue weighted by Gasteiger charge is 2.05. The van der Waals surface area contributed by atoms with Gasteiger partial charge in [0.1, 0.15) is 5.75 Å². The van der Waals surface area contributed by atoms with Crippen LogP contribution in [0.2, 0.25) is 0 Å². The highest BCUT2D eigenvalue weighted by Crippen LogP contribution is 2.20. The number of rotatable bonds is 5. The minimum Gasteiger partial charge on any atom is -0.496 e. The summed E-state index contributed by atoms with van der Waals surface area (Å²) < 4.78 is 10.2. The Hall–Kier alpha value is -1.61. The molecule has 0 bridgehead atoms. The average Bonchev–Trinajstić information content (AvgIpc) is 2.29. The van der Waals surface area contributed by atoms with Crippen LogP contribution >= 0.6 is 0 Å². The molecule has 0 radical (unpaired) electrons. The number of hydrogen-bond donors (Lipinski definition) is 0. The molecule has 0 aliphatic heterocycles. The van der Waals surface area contributed by atoms with Crippen molar-refractivity contribution in [3.05, 3.63) is 35.4 Å². The maximum Gasteiger partial charge on any atom is 0.158 e. The molecule has 3 heteroatoms. The molecule has 1 rings (SSSR count). The smallest absolute Gasteiger partial charge is 0.158 e. The van der Waals surface area contributed by atoms with Crippen molar-refractivity contribution in [1.29, 1.82) is 0 Å². The van der Waals surface area contributed by atoms with E-state index in [1.54, 1.807) is 20.3 Å². The maximum absolute atomic E-state index is 11.3. The summed E-state index contributed by atoms with van der Waals surface area (Å²) in [4.78, 5) is 11.3. The molecular formula is C13H16O3. The van der Waals surface area contributed by atoms with Crippen molar-refractivity contribution in [2.24, 2.45) is 0 Å². The molecule has 0 spiro atoms. The van der Waals surface area contributed by atoms with E-state index in [-0.39, 0.29) is 5.78 Å². The van der Waals surface area contributed by atoms with Crippen LogP contribution in [0.15, 0.2) is 29.8 Å². The van der Waals surface area contributed by atoms with E-state index in [4.69, 9.17) is 9.47 Å². The van der Waals surface area contributed by atoms with Crippen LogP contribution in [-0.4, -0.2) is 26.6 Å². The Morgan fingerprint density at radius 2 is 2.00 bits per heavy atom. The zero-order valence-electron chi connectivity index (χ0n) is 9.82. The zero-order valence-corrected chi connectivity index (χ0v) is 9.82. The molecule has 0 fully saturated rings. The Labute approximate surface area is 95.7 Å². The van der Waals surface area contributed by atoms with Gasteiger partial charge in [0, 0.05) is 18.2 Å². The lowest BCUT2D eigenvalue weighted by Crippen LogP contribution is -2.03. The summed E-state index contributed by atoms with van der Waals surface area (Å²) in [5, 5.41) is 0. The first kappa shape index (κ1) is 12.5. The van der Waals surface area contributed by atoms with E-state index >= 15 is 0 Å². The fourth-order valence-electron chi connectivity index (χ4n) is 1.37. The van der Waals surface area contributed by atoms with Crippen molar-refractivity contribution < 1.29 is 14.3 Å². The minimum atomic E-state index is 0.00718. The second-order valence-corrected chi connectivity index (χ2v) is 3.40. The van der Waals surface area contributed by atoms with Gasteiger partial charge < -0.3 is 9.47 Å². The van der Waals surface area contributed by atoms with Gasteiger partial charge in [0.05, 0.1) is 13.7 Å². The number of ketones is 1. The first-order valence-corrected chi connectivity index (χ1v) is 5.02. The molecule has 0 saturated heterocycles. The molecule has 16 heavy (non-hydrogen) atoms. The number of para-hydroxylation sites is 1. The second-order valence-electron chi connectivity index (χ2n) is 3.40. The summed E-state index contributed by atoms with van der Waals surface area (Å²) in [5.74, 6) is 0.755. The third-order valence-electron chi connectivity index (χ3n) is 2.22. The largest absolute Gasteiger partial charge is 0.496 e. The lowest BCUT2D eigenvalue weighted by molar-refractivity contribution is -0.114. The number of carbonyl (C=O) groups is 1. The van der Waals surface area contributed by atoms with Crippen LogP contribution in [0.5, 0.6) is 5.75 Å². The van der Waals surface area contributed by atoms with Crippen LogP contribution < -0.4 is 4.74 Å². The van der Waals surface area contributed by atoms with E-state index in [0.29, 0.717) is 12.2 Å². The van der Waals surface area contributed by atoms with E-state index in [9.17, 15) is 4.79 Å². The lowest BCUT2D eigenvalue weighted by Gasteiger charge is -2.06. The highest BCUT2D eigenvalue weighted by atomic mass is 16.5. The first-order chi connectivity index (χ1) is 7.69. The molecule has 0 aromatic heterocycles. The molecule has 0 atom stereocenters. The maximum atomic E-state index is 11.3. The van der Waals surface area contributed by atoms with Crippen molar-refractivity contribution in [3.63, 3.8) is 0 Å². The van der Waals surface area contributed by atoms with Crippen LogP contribution in [0.3, 0.4) is 0 Å². The van der Waals surface area contributed by atoms with Crippen LogP contribution in [0.4, 0.5) is 0 Å². The molecule has 0 amide bonds. The van der Waals surface area contributed by atoms with Gasteiger partial charge >= 0.3 is 0 Å². The number of methoxy groups -OCH3 is 2. The molecule has 0 N–H and O–H groups in total. The molecule has 0 unspecified atom stereocenters. The molecular weight excluding hydrogens is 204 g/mol. The number of hydrogen-bond acceptors (Lipinski definition) is 3. The summed E-state index contributed by atoms with van der Waals surface area (Å²) in [6, 6.07) is 7.55. The molecule has 0 aliphatic rings. The highest BCUT2D eigenvalue weighted by molar-refractivity contribution is 5.98. The Morgan fingerprint density at radius 3 is 2.56 bits per heavy atom. The lowest BCUT2D eigenvalue weighted by atomic mass is 10.1. The molecule has 1 aromatic rings. The summed E-state index contributed by atoms with van der Waals surface area (Å²) in [5.41, 5.74) is 1.51. The van der Waals surface area contributed by atoms with Gasteiger partial charge in [0.25, 0.3) is 0 Å². The van der Waals surface area contributed by atoms with Gasteiger partial charge in [-0.2, -0.15) is 0 Å². The number of Topliss-reactive ketones (excluding diaryl/α,β-unsaturated/α-hetero) is 1. The van der Waals surface area contributed by atoms with Crippen molar-refractivity contribution in [2.75, 3.05) is 20.8 Å². The van der Waals surface area contributed by atoms with Crippen molar-refractivity contribution in [3.8, 4) is 5.75 Å². The number of benzene rings is 1. The monoisotopic (exact) mass is 220 g/mol. The van der Waals surface area contributed by atoms with Crippen molar-refractivity contribution in [2.45, 2.75) is 6.92 Å². The van der Waals surface area contributed by atoms with Gasteiger partial charge in [-0.25, -0.2) is 0 Å². The topological polar surface area (TPSA) is 35.5 Å². The van der Waals surface area contributed by atoms with E-state index < -0.39 is 0 Å². The summed E-state index contributed by atoms with van der Waals surface area (Å²) in [6.45, 7) is 1.84. The zero-order chi connectivity index (χ0) is 12.0. The van der Waals surface area contributed by atoms with E-state index in [1.807, 2.05) is 24.3 Å². The number of ether oxygens (including phenoxy) is 2. The molecule has 0 aliphatic carbocycles. The van der Waals surface area contributed by atoms with Crippen molar-refractivity contribution >= 4 is 11.9 Å². The van der Waals surface area contributed by atoms with Gasteiger partial charge in [0.15, 0.2) is 5.78 Å². The molecule has 1 aromatic carbocycles. The van der Waals surface area contributed by atoms with Crippen LogP contribution in [0.1, 0.15) is 12.5 Å². The van der Waals surface area contributed by atoms with Gasteiger partial charge in [-0.15, -0.1) is 0 Å². The molecule has 86 valence electrons. The fraction of sp³-hybridized carbons (Fsp3) is 0.308. The normalized spacial score (nSPS) is 11.3. The Morgan fingerprint density at radius 1 is 1.31 bits per heavy atom. The summed E-state index contributed by atoms with van der Waals surface area (Å²) in [7, 11) is 3.18. The fourth-order valence-corrected chi connectivity index (χ4v) is 1.37. The average molecular weight is 220 g/mol. The standard InChI is InChI=1S/C13H16O3/c1-10(14)12(9-15-2)8-11-6-4-5-7-13(11)16-3/h4-8H,9H2,1-3H3/b12-8+. The number of carbonyl (C=O) groups excluding carboxylic acids is 1. The van der Waals surface area contributed by atoms with Crippen LogP contribution in [0.25, 0.3) is 6.08 Å². The molecule has 0 heterocycles. The SMILES string of the molecule is COC/C(=C\c1ccccc1OC)C(C)=O. The molecule has 3 nitrogen and oxygen atoms in total. The summed E-state index contributed by atoms with van der Waals surface area (Å²) in [6.07, 6.45) is 1.80. The Balaban J connectivity index is 3.06. The predicted octanol–water partition coefficient (Wildman–Crippen LogP) is 2.31. The van der Waals surface area contributed by atoms with E-state index in [1.165, 1.54) is 6.92 Å². The van der Waals surface area contributed by atoms with Crippen LogP contribution in [-0.2, 0) is 9.53 Å². The Kier molecular flexibility index (Phi) is 4.73. The van der Waals surface area contributed by atoms with E-state index in [0.717, 1.165) is 11.3 Å².